The molecule has 1 atom stereocenters. The van der Waals surface area contributed by atoms with Gasteiger partial charge in [0.1, 0.15) is 6.04 Å². The Morgan fingerprint density at radius 2 is 2.12 bits per heavy atom. The van der Waals surface area contributed by atoms with Gasteiger partial charge in [-0.1, -0.05) is 0 Å². The summed E-state index contributed by atoms with van der Waals surface area (Å²) in [7, 11) is 0. The highest BCUT2D eigenvalue weighted by Gasteiger charge is 2.24. The lowest BCUT2D eigenvalue weighted by Crippen LogP contribution is -2.50. The molecule has 8 heteroatoms. The first-order chi connectivity index (χ1) is 11.5. The van der Waals surface area contributed by atoms with Crippen molar-refractivity contribution in [1.29, 1.82) is 0 Å². The molecular weight excluding hydrogens is 316 g/mol. The fraction of sp³-hybridized carbons (Fsp3) is 0.438. The Bertz CT molecular complexity index is 631. The zero-order chi connectivity index (χ0) is 17.5. The van der Waals surface area contributed by atoms with Crippen LogP contribution in [0.1, 0.15) is 30.1 Å². The smallest absolute Gasteiger partial charge is 0.341 e. The number of benzene rings is 1. The molecule has 1 aliphatic heterocycles. The lowest BCUT2D eigenvalue weighted by Gasteiger charge is -2.23. The van der Waals surface area contributed by atoms with Gasteiger partial charge in [0.05, 0.1) is 6.61 Å². The number of carboxylic acid groups (broad SMARTS) is 1. The van der Waals surface area contributed by atoms with Gasteiger partial charge in [-0.05, 0) is 38.0 Å². The van der Waals surface area contributed by atoms with Crippen LogP contribution in [-0.2, 0) is 9.59 Å². The molecule has 1 unspecified atom stereocenters. The molecule has 1 aromatic carbocycles. The third-order valence-electron chi connectivity index (χ3n) is 3.45. The molecule has 24 heavy (non-hydrogen) atoms. The monoisotopic (exact) mass is 336 g/mol. The molecule has 1 aromatic rings. The van der Waals surface area contributed by atoms with Gasteiger partial charge in [0.25, 0.3) is 5.91 Å². The van der Waals surface area contributed by atoms with Crippen molar-refractivity contribution >= 4 is 17.8 Å². The SMILES string of the molecule is CCOc1cc(C(=O)NC2CCCNC2=O)ccc1OCC(=O)O. The lowest BCUT2D eigenvalue weighted by atomic mass is 10.1. The van der Waals surface area contributed by atoms with E-state index in [4.69, 9.17) is 14.6 Å². The summed E-state index contributed by atoms with van der Waals surface area (Å²) in [4.78, 5) is 34.6. The van der Waals surface area contributed by atoms with Gasteiger partial charge < -0.3 is 25.2 Å². The molecule has 1 aliphatic rings. The van der Waals surface area contributed by atoms with Crippen molar-refractivity contribution in [3.8, 4) is 11.5 Å². The standard InChI is InChI=1S/C16H20N2O6/c1-2-23-13-8-10(5-6-12(13)24-9-14(19)20)15(21)18-11-4-3-7-17-16(11)22/h5-6,8,11H,2-4,7,9H2,1H3,(H,17,22)(H,18,21)(H,19,20). The first-order valence-electron chi connectivity index (χ1n) is 7.71. The van der Waals surface area contributed by atoms with Crippen molar-refractivity contribution in [2.24, 2.45) is 0 Å². The zero-order valence-corrected chi connectivity index (χ0v) is 13.3. The molecule has 2 amide bonds. The Balaban J connectivity index is 2.11. The number of aliphatic carboxylic acids is 1. The van der Waals surface area contributed by atoms with E-state index in [0.717, 1.165) is 6.42 Å². The summed E-state index contributed by atoms with van der Waals surface area (Å²) >= 11 is 0. The van der Waals surface area contributed by atoms with E-state index in [9.17, 15) is 14.4 Å². The number of piperidine rings is 1. The van der Waals surface area contributed by atoms with E-state index in [0.29, 0.717) is 25.1 Å². The van der Waals surface area contributed by atoms with E-state index in [2.05, 4.69) is 10.6 Å². The average molecular weight is 336 g/mol. The van der Waals surface area contributed by atoms with Crippen LogP contribution in [0.15, 0.2) is 18.2 Å². The Labute approximate surface area is 139 Å². The number of hydrogen-bond acceptors (Lipinski definition) is 5. The molecule has 0 radical (unpaired) electrons. The van der Waals surface area contributed by atoms with Gasteiger partial charge in [-0.2, -0.15) is 0 Å². The molecular formula is C16H20N2O6. The number of amides is 2. The Kier molecular flexibility index (Phi) is 6.00. The highest BCUT2D eigenvalue weighted by molar-refractivity contribution is 5.98. The van der Waals surface area contributed by atoms with E-state index < -0.39 is 24.5 Å². The minimum absolute atomic E-state index is 0.193. The van der Waals surface area contributed by atoms with Crippen LogP contribution in [0.3, 0.4) is 0 Å². The molecule has 0 spiro atoms. The molecule has 1 fully saturated rings. The molecule has 3 N–H and O–H groups in total. The highest BCUT2D eigenvalue weighted by Crippen LogP contribution is 2.28. The Morgan fingerprint density at radius 3 is 2.79 bits per heavy atom. The van der Waals surface area contributed by atoms with E-state index in [1.54, 1.807) is 6.92 Å². The number of rotatable bonds is 7. The van der Waals surface area contributed by atoms with Gasteiger partial charge in [-0.15, -0.1) is 0 Å². The van der Waals surface area contributed by atoms with Crippen LogP contribution in [0.2, 0.25) is 0 Å². The quantitative estimate of drug-likeness (QED) is 0.670. The predicted molar refractivity (Wildman–Crippen MR) is 84.2 cm³/mol. The second-order valence-electron chi connectivity index (χ2n) is 5.24. The van der Waals surface area contributed by atoms with Crippen LogP contribution >= 0.6 is 0 Å². The summed E-state index contributed by atoms with van der Waals surface area (Å²) in [6.07, 6.45) is 1.40. The van der Waals surface area contributed by atoms with Gasteiger partial charge in [0.15, 0.2) is 18.1 Å². The van der Waals surface area contributed by atoms with Gasteiger partial charge in [0.2, 0.25) is 5.91 Å². The van der Waals surface area contributed by atoms with E-state index in [1.807, 2.05) is 0 Å². The second-order valence-corrected chi connectivity index (χ2v) is 5.24. The molecule has 2 rings (SSSR count). The van der Waals surface area contributed by atoms with Crippen molar-refractivity contribution in [3.63, 3.8) is 0 Å². The van der Waals surface area contributed by atoms with Crippen molar-refractivity contribution in [2.45, 2.75) is 25.8 Å². The maximum atomic E-state index is 12.3. The lowest BCUT2D eigenvalue weighted by molar-refractivity contribution is -0.139. The number of hydrogen-bond donors (Lipinski definition) is 3. The topological polar surface area (TPSA) is 114 Å². The maximum Gasteiger partial charge on any atom is 0.341 e. The van der Waals surface area contributed by atoms with Crippen molar-refractivity contribution in [2.75, 3.05) is 19.8 Å². The molecule has 1 saturated heterocycles. The second kappa shape index (κ2) is 8.19. The van der Waals surface area contributed by atoms with E-state index in [1.165, 1.54) is 18.2 Å². The largest absolute Gasteiger partial charge is 0.490 e. The minimum Gasteiger partial charge on any atom is -0.490 e. The Morgan fingerprint density at radius 1 is 1.33 bits per heavy atom. The van der Waals surface area contributed by atoms with Gasteiger partial charge in [-0.25, -0.2) is 4.79 Å². The van der Waals surface area contributed by atoms with Crippen molar-refractivity contribution in [1.82, 2.24) is 10.6 Å². The average Bonchev–Trinajstić information content (AvgIpc) is 2.56. The molecule has 1 heterocycles. The third-order valence-corrected chi connectivity index (χ3v) is 3.45. The van der Waals surface area contributed by atoms with Gasteiger partial charge >= 0.3 is 5.97 Å². The maximum absolute atomic E-state index is 12.3. The normalized spacial score (nSPS) is 16.9. The summed E-state index contributed by atoms with van der Waals surface area (Å²) in [6, 6.07) is 3.89. The molecule has 0 aliphatic carbocycles. The molecule has 0 aromatic heterocycles. The third kappa shape index (κ3) is 4.61. The van der Waals surface area contributed by atoms with E-state index in [-0.39, 0.29) is 17.4 Å². The summed E-state index contributed by atoms with van der Waals surface area (Å²) < 4.78 is 10.5. The predicted octanol–water partition coefficient (Wildman–Crippen LogP) is 0.557. The number of nitrogens with one attached hydrogen (secondary N) is 2. The fourth-order valence-corrected chi connectivity index (χ4v) is 2.33. The first-order valence-corrected chi connectivity index (χ1v) is 7.71. The highest BCUT2D eigenvalue weighted by atomic mass is 16.5. The molecule has 130 valence electrons. The van der Waals surface area contributed by atoms with Crippen LogP contribution in [0, 0.1) is 0 Å². The van der Waals surface area contributed by atoms with Crippen LogP contribution < -0.4 is 20.1 Å². The number of carbonyl (C=O) groups excluding carboxylic acids is 2. The Hall–Kier alpha value is -2.77. The van der Waals surface area contributed by atoms with Crippen LogP contribution in [0.5, 0.6) is 11.5 Å². The summed E-state index contributed by atoms with van der Waals surface area (Å²) in [5, 5.41) is 14.1. The number of carbonyl (C=O) groups is 3. The van der Waals surface area contributed by atoms with Gasteiger partial charge in [-0.3, -0.25) is 9.59 Å². The van der Waals surface area contributed by atoms with E-state index >= 15 is 0 Å². The molecule has 8 nitrogen and oxygen atoms in total. The van der Waals surface area contributed by atoms with Crippen LogP contribution in [0.4, 0.5) is 0 Å². The summed E-state index contributed by atoms with van der Waals surface area (Å²) in [5.41, 5.74) is 0.305. The van der Waals surface area contributed by atoms with Crippen molar-refractivity contribution in [3.05, 3.63) is 23.8 Å². The van der Waals surface area contributed by atoms with Crippen LogP contribution in [0.25, 0.3) is 0 Å². The van der Waals surface area contributed by atoms with Gasteiger partial charge in [0, 0.05) is 12.1 Å². The molecule has 0 saturated carbocycles. The van der Waals surface area contributed by atoms with Crippen molar-refractivity contribution < 1.29 is 29.0 Å². The minimum atomic E-state index is -1.11. The van der Waals surface area contributed by atoms with Crippen LogP contribution in [-0.4, -0.2) is 48.7 Å². The molecule has 0 bridgehead atoms. The first kappa shape index (κ1) is 17.6. The zero-order valence-electron chi connectivity index (χ0n) is 13.3. The summed E-state index contributed by atoms with van der Waals surface area (Å²) in [5.74, 6) is -1.18. The fourth-order valence-electron chi connectivity index (χ4n) is 2.33. The number of carboxylic acids is 1. The number of ether oxygens (including phenoxy) is 2. The summed E-state index contributed by atoms with van der Waals surface area (Å²) in [6.45, 7) is 2.21.